The number of carbonyl (C=O) groups is 2. The summed E-state index contributed by atoms with van der Waals surface area (Å²) in [6.45, 7) is 1.03. The van der Waals surface area contributed by atoms with Gasteiger partial charge in [0.25, 0.3) is 0 Å². The van der Waals surface area contributed by atoms with E-state index in [1.807, 2.05) is 30.3 Å². The highest BCUT2D eigenvalue weighted by Crippen LogP contribution is 2.13. The Bertz CT molecular complexity index is 455. The molecule has 2 rings (SSSR count). The second-order valence-corrected chi connectivity index (χ2v) is 5.05. The topological polar surface area (TPSA) is 81.4 Å². The summed E-state index contributed by atoms with van der Waals surface area (Å²) in [5.74, 6) is -0.791. The number of aryl methyl sites for hydroxylation is 1. The zero-order valence-electron chi connectivity index (χ0n) is 11.4. The average Bonchev–Trinajstić information content (AvgIpc) is 2.98. The molecule has 0 saturated carbocycles. The first kappa shape index (κ1) is 14.5. The first-order chi connectivity index (χ1) is 9.66. The fourth-order valence-electron chi connectivity index (χ4n) is 2.27. The van der Waals surface area contributed by atoms with Crippen molar-refractivity contribution in [3.05, 3.63) is 35.9 Å². The van der Waals surface area contributed by atoms with Crippen molar-refractivity contribution in [2.45, 2.75) is 25.3 Å². The summed E-state index contributed by atoms with van der Waals surface area (Å²) in [7, 11) is 0. The molecule has 1 aromatic carbocycles. The normalized spacial score (nSPS) is 19.5. The second kappa shape index (κ2) is 7.05. The van der Waals surface area contributed by atoms with Gasteiger partial charge in [-0.3, -0.25) is 9.59 Å². The highest BCUT2D eigenvalue weighted by atomic mass is 16.5. The Morgan fingerprint density at radius 2 is 2.10 bits per heavy atom. The summed E-state index contributed by atoms with van der Waals surface area (Å²) in [4.78, 5) is 23.4. The van der Waals surface area contributed by atoms with E-state index < -0.39 is 11.9 Å². The third kappa shape index (κ3) is 4.06. The molecule has 0 bridgehead atoms. The summed E-state index contributed by atoms with van der Waals surface area (Å²) < 4.78 is 5.17. The summed E-state index contributed by atoms with van der Waals surface area (Å²) >= 11 is 0. The molecule has 20 heavy (non-hydrogen) atoms. The standard InChI is InChI=1S/C15H20N2O3/c16-14(18)13(7-6-11-4-2-1-3-5-11)17-15(19)12-8-9-20-10-12/h1-5,12-13H,6-10H2,(H2,16,18)(H,17,19)/t12-,13+/m1/s1. The first-order valence-electron chi connectivity index (χ1n) is 6.88. The molecular formula is C15H20N2O3. The van der Waals surface area contributed by atoms with Gasteiger partial charge in [-0.25, -0.2) is 0 Å². The monoisotopic (exact) mass is 276 g/mol. The van der Waals surface area contributed by atoms with Crippen molar-refractivity contribution in [2.75, 3.05) is 13.2 Å². The van der Waals surface area contributed by atoms with Gasteiger partial charge in [0.05, 0.1) is 12.5 Å². The Kier molecular flexibility index (Phi) is 5.12. The van der Waals surface area contributed by atoms with Crippen LogP contribution in [-0.4, -0.2) is 31.1 Å². The van der Waals surface area contributed by atoms with Crippen LogP contribution in [0.4, 0.5) is 0 Å². The average molecular weight is 276 g/mol. The molecule has 1 heterocycles. The Morgan fingerprint density at radius 1 is 1.35 bits per heavy atom. The Morgan fingerprint density at radius 3 is 2.70 bits per heavy atom. The molecule has 0 aromatic heterocycles. The second-order valence-electron chi connectivity index (χ2n) is 5.05. The Balaban J connectivity index is 1.87. The van der Waals surface area contributed by atoms with Gasteiger partial charge in [0.15, 0.2) is 0 Å². The molecule has 0 aliphatic carbocycles. The van der Waals surface area contributed by atoms with Gasteiger partial charge in [0.2, 0.25) is 11.8 Å². The Hall–Kier alpha value is -1.88. The fourth-order valence-corrected chi connectivity index (χ4v) is 2.27. The smallest absolute Gasteiger partial charge is 0.240 e. The lowest BCUT2D eigenvalue weighted by molar-refractivity contribution is -0.130. The van der Waals surface area contributed by atoms with Crippen LogP contribution in [0.25, 0.3) is 0 Å². The SMILES string of the molecule is NC(=O)[C@H](CCc1ccccc1)NC(=O)[C@@H]1CCOC1. The number of hydrogen-bond acceptors (Lipinski definition) is 3. The van der Waals surface area contributed by atoms with Crippen LogP contribution in [0.5, 0.6) is 0 Å². The molecule has 1 aliphatic heterocycles. The van der Waals surface area contributed by atoms with Crippen molar-refractivity contribution in [1.29, 1.82) is 0 Å². The van der Waals surface area contributed by atoms with Crippen LogP contribution in [0.2, 0.25) is 0 Å². The van der Waals surface area contributed by atoms with E-state index in [0.717, 1.165) is 5.56 Å². The molecule has 0 radical (unpaired) electrons. The fraction of sp³-hybridized carbons (Fsp3) is 0.467. The minimum absolute atomic E-state index is 0.139. The maximum atomic E-state index is 12.0. The van der Waals surface area contributed by atoms with E-state index in [1.54, 1.807) is 0 Å². The van der Waals surface area contributed by atoms with Crippen molar-refractivity contribution in [1.82, 2.24) is 5.32 Å². The van der Waals surface area contributed by atoms with Crippen molar-refractivity contribution < 1.29 is 14.3 Å². The Labute approximate surface area is 118 Å². The maximum Gasteiger partial charge on any atom is 0.240 e. The molecule has 108 valence electrons. The number of rotatable bonds is 6. The van der Waals surface area contributed by atoms with Crippen molar-refractivity contribution in [2.24, 2.45) is 11.7 Å². The van der Waals surface area contributed by atoms with Crippen LogP contribution in [0, 0.1) is 5.92 Å². The number of primary amides is 1. The van der Waals surface area contributed by atoms with Gasteiger partial charge in [-0.15, -0.1) is 0 Å². The van der Waals surface area contributed by atoms with Crippen molar-refractivity contribution in [3.63, 3.8) is 0 Å². The van der Waals surface area contributed by atoms with E-state index in [4.69, 9.17) is 10.5 Å². The summed E-state index contributed by atoms with van der Waals surface area (Å²) in [5, 5.41) is 2.74. The van der Waals surface area contributed by atoms with Crippen LogP contribution in [-0.2, 0) is 20.7 Å². The lowest BCUT2D eigenvalue weighted by Crippen LogP contribution is -2.47. The molecule has 2 amide bonds. The molecule has 2 atom stereocenters. The van der Waals surface area contributed by atoms with Crippen LogP contribution in [0.15, 0.2) is 30.3 Å². The van der Waals surface area contributed by atoms with E-state index in [2.05, 4.69) is 5.32 Å². The molecule has 1 saturated heterocycles. The summed E-state index contributed by atoms with van der Waals surface area (Å²) in [6, 6.07) is 9.20. The van der Waals surface area contributed by atoms with Crippen LogP contribution < -0.4 is 11.1 Å². The lowest BCUT2D eigenvalue weighted by atomic mass is 10.0. The summed E-state index contributed by atoms with van der Waals surface area (Å²) in [6.07, 6.45) is 1.92. The molecule has 1 aromatic rings. The van der Waals surface area contributed by atoms with E-state index >= 15 is 0 Å². The molecule has 0 unspecified atom stereocenters. The van der Waals surface area contributed by atoms with Crippen LogP contribution in [0.3, 0.4) is 0 Å². The first-order valence-corrected chi connectivity index (χ1v) is 6.88. The summed E-state index contributed by atoms with van der Waals surface area (Å²) in [5.41, 5.74) is 6.49. The molecule has 1 fully saturated rings. The predicted molar refractivity (Wildman–Crippen MR) is 74.8 cm³/mol. The quantitative estimate of drug-likeness (QED) is 0.799. The molecule has 0 spiro atoms. The van der Waals surface area contributed by atoms with Gasteiger partial charge in [-0.2, -0.15) is 0 Å². The van der Waals surface area contributed by atoms with Crippen LogP contribution in [0.1, 0.15) is 18.4 Å². The maximum absolute atomic E-state index is 12.0. The molecule has 5 nitrogen and oxygen atoms in total. The molecule has 1 aliphatic rings. The van der Waals surface area contributed by atoms with Gasteiger partial charge in [-0.1, -0.05) is 30.3 Å². The van der Waals surface area contributed by atoms with Gasteiger partial charge in [0.1, 0.15) is 6.04 Å². The number of carbonyl (C=O) groups excluding carboxylic acids is 2. The molecule has 5 heteroatoms. The van der Waals surface area contributed by atoms with E-state index in [0.29, 0.717) is 32.5 Å². The largest absolute Gasteiger partial charge is 0.381 e. The number of nitrogens with two attached hydrogens (primary N) is 1. The number of benzene rings is 1. The number of hydrogen-bond donors (Lipinski definition) is 2. The number of amides is 2. The van der Waals surface area contributed by atoms with E-state index in [9.17, 15) is 9.59 Å². The lowest BCUT2D eigenvalue weighted by Gasteiger charge is -2.17. The third-order valence-corrected chi connectivity index (χ3v) is 3.52. The van der Waals surface area contributed by atoms with Gasteiger partial charge in [0, 0.05) is 6.61 Å². The predicted octanol–water partition coefficient (Wildman–Crippen LogP) is 0.626. The zero-order valence-corrected chi connectivity index (χ0v) is 11.4. The van der Waals surface area contributed by atoms with Gasteiger partial charge in [-0.05, 0) is 24.8 Å². The van der Waals surface area contributed by atoms with Crippen molar-refractivity contribution >= 4 is 11.8 Å². The number of ether oxygens (including phenoxy) is 1. The van der Waals surface area contributed by atoms with Gasteiger partial charge < -0.3 is 15.8 Å². The highest BCUT2D eigenvalue weighted by molar-refractivity contribution is 5.87. The van der Waals surface area contributed by atoms with E-state index in [-0.39, 0.29) is 11.8 Å². The minimum atomic E-state index is -0.622. The van der Waals surface area contributed by atoms with E-state index in [1.165, 1.54) is 0 Å². The minimum Gasteiger partial charge on any atom is -0.381 e. The number of nitrogens with one attached hydrogen (secondary N) is 1. The highest BCUT2D eigenvalue weighted by Gasteiger charge is 2.27. The molecular weight excluding hydrogens is 256 g/mol. The van der Waals surface area contributed by atoms with Gasteiger partial charge >= 0.3 is 0 Å². The zero-order chi connectivity index (χ0) is 14.4. The van der Waals surface area contributed by atoms with Crippen molar-refractivity contribution in [3.8, 4) is 0 Å². The van der Waals surface area contributed by atoms with Crippen LogP contribution >= 0.6 is 0 Å². The third-order valence-electron chi connectivity index (χ3n) is 3.52. The molecule has 3 N–H and O–H groups in total.